The molecule has 1 amide bonds. The van der Waals surface area contributed by atoms with Crippen molar-refractivity contribution in [3.05, 3.63) is 43.8 Å². The number of aromatic nitrogens is 1. The molecule has 0 aliphatic carbocycles. The zero-order chi connectivity index (χ0) is 12.4. The summed E-state index contributed by atoms with van der Waals surface area (Å²) in [5.41, 5.74) is 3.03. The number of hydrogen-bond donors (Lipinski definition) is 1. The van der Waals surface area contributed by atoms with Crippen LogP contribution in [0.3, 0.4) is 0 Å². The lowest BCUT2D eigenvalue weighted by molar-refractivity contribution is 0.103. The van der Waals surface area contributed by atoms with E-state index in [9.17, 15) is 4.79 Å². The molecular formula is C11H8BrClN2OS. The van der Waals surface area contributed by atoms with Crippen molar-refractivity contribution >= 4 is 50.5 Å². The van der Waals surface area contributed by atoms with E-state index in [2.05, 4.69) is 26.2 Å². The molecule has 0 unspecified atom stereocenters. The van der Waals surface area contributed by atoms with Crippen molar-refractivity contribution in [3.63, 3.8) is 0 Å². The zero-order valence-electron chi connectivity index (χ0n) is 8.83. The molecule has 0 aliphatic rings. The Morgan fingerprint density at radius 2 is 2.29 bits per heavy atom. The summed E-state index contributed by atoms with van der Waals surface area (Å²) in [5, 5.41) is 3.37. The highest BCUT2D eigenvalue weighted by Gasteiger charge is 2.13. The largest absolute Gasteiger partial charge is 0.320 e. The fourth-order valence-corrected chi connectivity index (χ4v) is 2.51. The Hall–Kier alpha value is -0.910. The lowest BCUT2D eigenvalue weighted by atomic mass is 10.3. The van der Waals surface area contributed by atoms with E-state index in [1.165, 1.54) is 11.3 Å². The van der Waals surface area contributed by atoms with Crippen molar-refractivity contribution in [3.8, 4) is 0 Å². The highest BCUT2D eigenvalue weighted by molar-refractivity contribution is 9.10. The summed E-state index contributed by atoms with van der Waals surface area (Å²) in [5.74, 6) is -0.173. The average Bonchev–Trinajstić information content (AvgIpc) is 2.70. The van der Waals surface area contributed by atoms with Crippen molar-refractivity contribution in [2.75, 3.05) is 5.32 Å². The molecule has 0 fully saturated rings. The van der Waals surface area contributed by atoms with E-state index in [4.69, 9.17) is 11.6 Å². The third kappa shape index (κ3) is 2.86. The second-order valence-electron chi connectivity index (χ2n) is 3.35. The van der Waals surface area contributed by atoms with Gasteiger partial charge in [-0.2, -0.15) is 0 Å². The van der Waals surface area contributed by atoms with Crippen LogP contribution >= 0.6 is 38.9 Å². The molecule has 0 radical (unpaired) electrons. The van der Waals surface area contributed by atoms with Gasteiger partial charge >= 0.3 is 0 Å². The van der Waals surface area contributed by atoms with Crippen LogP contribution in [0.1, 0.15) is 15.4 Å². The molecule has 0 spiro atoms. The third-order valence-corrected chi connectivity index (χ3v) is 3.98. The van der Waals surface area contributed by atoms with Crippen LogP contribution in [0.4, 0.5) is 5.69 Å². The number of anilines is 1. The van der Waals surface area contributed by atoms with Crippen molar-refractivity contribution in [1.82, 2.24) is 4.98 Å². The van der Waals surface area contributed by atoms with Crippen LogP contribution in [0, 0.1) is 6.92 Å². The second-order valence-corrected chi connectivity index (χ2v) is 5.49. The van der Waals surface area contributed by atoms with Gasteiger partial charge in [0.05, 0.1) is 16.9 Å². The molecular weight excluding hydrogens is 324 g/mol. The van der Waals surface area contributed by atoms with Crippen LogP contribution in [-0.2, 0) is 0 Å². The van der Waals surface area contributed by atoms with Crippen LogP contribution in [0.5, 0.6) is 0 Å². The van der Waals surface area contributed by atoms with Gasteiger partial charge in [0.15, 0.2) is 0 Å². The highest BCUT2D eigenvalue weighted by Crippen LogP contribution is 2.27. The molecule has 1 heterocycles. The highest BCUT2D eigenvalue weighted by atomic mass is 79.9. The van der Waals surface area contributed by atoms with Crippen LogP contribution in [0.15, 0.2) is 28.2 Å². The molecule has 2 rings (SSSR count). The number of rotatable bonds is 2. The quantitative estimate of drug-likeness (QED) is 0.899. The van der Waals surface area contributed by atoms with E-state index in [-0.39, 0.29) is 5.91 Å². The maximum absolute atomic E-state index is 12.0. The lowest BCUT2D eigenvalue weighted by Gasteiger charge is -2.06. The first kappa shape index (κ1) is 12.5. The fourth-order valence-electron chi connectivity index (χ4n) is 1.29. The number of carbonyl (C=O) groups is 1. The first-order chi connectivity index (χ1) is 8.08. The molecule has 1 aromatic heterocycles. The number of nitrogens with one attached hydrogen (secondary N) is 1. The molecule has 2 aromatic rings. The number of halogens is 2. The topological polar surface area (TPSA) is 42.0 Å². The van der Waals surface area contributed by atoms with Gasteiger partial charge in [-0.25, -0.2) is 4.98 Å². The molecule has 0 atom stereocenters. The SMILES string of the molecule is Cc1ncsc1C(=O)Nc1cc(Cl)ccc1Br. The van der Waals surface area contributed by atoms with Crippen LogP contribution in [0.25, 0.3) is 0 Å². The number of benzene rings is 1. The Morgan fingerprint density at radius 3 is 2.94 bits per heavy atom. The Kier molecular flexibility index (Phi) is 3.81. The summed E-state index contributed by atoms with van der Waals surface area (Å²) in [4.78, 5) is 16.6. The fraction of sp³-hybridized carbons (Fsp3) is 0.0909. The maximum Gasteiger partial charge on any atom is 0.267 e. The minimum atomic E-state index is -0.173. The third-order valence-electron chi connectivity index (χ3n) is 2.13. The number of aryl methyl sites for hydroxylation is 1. The van der Waals surface area contributed by atoms with E-state index in [0.29, 0.717) is 15.6 Å². The molecule has 0 aliphatic heterocycles. The van der Waals surface area contributed by atoms with Crippen LogP contribution in [0.2, 0.25) is 5.02 Å². The van der Waals surface area contributed by atoms with Gasteiger partial charge in [-0.15, -0.1) is 11.3 Å². The smallest absolute Gasteiger partial charge is 0.267 e. The number of hydrogen-bond acceptors (Lipinski definition) is 3. The van der Waals surface area contributed by atoms with Crippen molar-refractivity contribution in [1.29, 1.82) is 0 Å². The van der Waals surface area contributed by atoms with E-state index >= 15 is 0 Å². The predicted molar refractivity (Wildman–Crippen MR) is 74.0 cm³/mol. The van der Waals surface area contributed by atoms with Crippen LogP contribution in [-0.4, -0.2) is 10.9 Å². The summed E-state index contributed by atoms with van der Waals surface area (Å²) in [6, 6.07) is 5.23. The summed E-state index contributed by atoms with van der Waals surface area (Å²) >= 11 is 10.5. The molecule has 6 heteroatoms. The van der Waals surface area contributed by atoms with Gasteiger partial charge in [0.25, 0.3) is 5.91 Å². The molecule has 88 valence electrons. The van der Waals surface area contributed by atoms with E-state index in [1.54, 1.807) is 30.6 Å². The molecule has 0 saturated heterocycles. The number of carbonyl (C=O) groups excluding carboxylic acids is 1. The minimum absolute atomic E-state index is 0.173. The van der Waals surface area contributed by atoms with Gasteiger partial charge in [0.1, 0.15) is 4.88 Å². The van der Waals surface area contributed by atoms with Crippen molar-refractivity contribution in [2.24, 2.45) is 0 Å². The van der Waals surface area contributed by atoms with E-state index in [0.717, 1.165) is 10.2 Å². The zero-order valence-corrected chi connectivity index (χ0v) is 12.0. The van der Waals surface area contributed by atoms with Gasteiger partial charge in [-0.1, -0.05) is 11.6 Å². The predicted octanol–water partition coefficient (Wildman–Crippen LogP) is 4.12. The lowest BCUT2D eigenvalue weighted by Crippen LogP contribution is -2.11. The standard InChI is InChI=1S/C11H8BrClN2OS/c1-6-10(17-5-14-6)11(16)15-9-4-7(13)2-3-8(9)12/h2-5H,1H3,(H,15,16). The van der Waals surface area contributed by atoms with Crippen LogP contribution < -0.4 is 5.32 Å². The average molecular weight is 332 g/mol. The summed E-state index contributed by atoms with van der Waals surface area (Å²) in [6.45, 7) is 1.80. The number of amides is 1. The Labute approximate surface area is 116 Å². The molecule has 0 saturated carbocycles. The number of nitrogens with zero attached hydrogens (tertiary/aromatic N) is 1. The van der Waals surface area contributed by atoms with Gasteiger partial charge in [-0.05, 0) is 41.1 Å². The molecule has 0 bridgehead atoms. The summed E-state index contributed by atoms with van der Waals surface area (Å²) < 4.78 is 0.789. The first-order valence-corrected chi connectivity index (χ1v) is 6.79. The maximum atomic E-state index is 12.0. The van der Waals surface area contributed by atoms with Crippen molar-refractivity contribution < 1.29 is 4.79 Å². The monoisotopic (exact) mass is 330 g/mol. The van der Waals surface area contributed by atoms with Gasteiger partial charge in [-0.3, -0.25) is 4.79 Å². The summed E-state index contributed by atoms with van der Waals surface area (Å²) in [6.07, 6.45) is 0. The first-order valence-electron chi connectivity index (χ1n) is 4.74. The second kappa shape index (κ2) is 5.16. The molecule has 3 nitrogen and oxygen atoms in total. The molecule has 17 heavy (non-hydrogen) atoms. The normalized spacial score (nSPS) is 10.3. The summed E-state index contributed by atoms with van der Waals surface area (Å²) in [7, 11) is 0. The minimum Gasteiger partial charge on any atom is -0.320 e. The Balaban J connectivity index is 2.24. The van der Waals surface area contributed by atoms with Gasteiger partial charge in [0, 0.05) is 9.50 Å². The molecule has 1 N–H and O–H groups in total. The Morgan fingerprint density at radius 1 is 1.53 bits per heavy atom. The van der Waals surface area contributed by atoms with Crippen molar-refractivity contribution in [2.45, 2.75) is 6.92 Å². The van der Waals surface area contributed by atoms with Gasteiger partial charge in [0.2, 0.25) is 0 Å². The number of thiazole rings is 1. The van der Waals surface area contributed by atoms with E-state index < -0.39 is 0 Å². The van der Waals surface area contributed by atoms with Gasteiger partial charge < -0.3 is 5.32 Å². The molecule has 1 aromatic carbocycles. The van der Waals surface area contributed by atoms with E-state index in [1.807, 2.05) is 0 Å². The Bertz CT molecular complexity index is 570.